The standard InChI is InChI=1S/C8H12O4.C8H8/c1-3-4-5-12-8(11)6(2)7(9)10;1-2-8-6-4-3-5-7-8/h2-5H2,1H3,(H,9,10);2-7H,1H2. The predicted octanol–water partition coefficient (Wildman–Crippen LogP) is 3.30. The van der Waals surface area contributed by atoms with E-state index in [-0.39, 0.29) is 6.61 Å². The van der Waals surface area contributed by atoms with E-state index in [0.29, 0.717) is 0 Å². The van der Waals surface area contributed by atoms with E-state index in [4.69, 9.17) is 5.11 Å². The lowest BCUT2D eigenvalue weighted by molar-refractivity contribution is -0.144. The van der Waals surface area contributed by atoms with Gasteiger partial charge in [-0.15, -0.1) is 0 Å². The molecule has 1 aromatic rings. The number of carbonyl (C=O) groups excluding carboxylic acids is 1. The van der Waals surface area contributed by atoms with Crippen LogP contribution in [0.3, 0.4) is 0 Å². The maximum atomic E-state index is 10.8. The molecule has 0 fully saturated rings. The third-order valence-corrected chi connectivity index (χ3v) is 2.27. The molecule has 0 aliphatic heterocycles. The summed E-state index contributed by atoms with van der Waals surface area (Å²) in [4.78, 5) is 20.9. The summed E-state index contributed by atoms with van der Waals surface area (Å²) in [7, 11) is 0. The van der Waals surface area contributed by atoms with Gasteiger partial charge in [0.25, 0.3) is 0 Å². The molecule has 0 atom stereocenters. The molecule has 0 aliphatic carbocycles. The monoisotopic (exact) mass is 276 g/mol. The normalized spacial score (nSPS) is 8.85. The van der Waals surface area contributed by atoms with Crippen LogP contribution in [-0.2, 0) is 14.3 Å². The van der Waals surface area contributed by atoms with E-state index in [9.17, 15) is 9.59 Å². The zero-order valence-electron chi connectivity index (χ0n) is 11.7. The highest BCUT2D eigenvalue weighted by atomic mass is 16.5. The smallest absolute Gasteiger partial charge is 0.344 e. The highest BCUT2D eigenvalue weighted by molar-refractivity contribution is 6.12. The van der Waals surface area contributed by atoms with Gasteiger partial charge in [-0.2, -0.15) is 0 Å². The molecule has 4 heteroatoms. The van der Waals surface area contributed by atoms with Crippen LogP contribution in [0.4, 0.5) is 0 Å². The van der Waals surface area contributed by atoms with Crippen molar-refractivity contribution in [1.82, 2.24) is 0 Å². The number of aliphatic carboxylic acids is 1. The van der Waals surface area contributed by atoms with Gasteiger partial charge in [-0.3, -0.25) is 0 Å². The Bertz CT molecular complexity index is 449. The van der Waals surface area contributed by atoms with Gasteiger partial charge in [0, 0.05) is 0 Å². The summed E-state index contributed by atoms with van der Waals surface area (Å²) < 4.78 is 4.59. The van der Waals surface area contributed by atoms with E-state index in [1.165, 1.54) is 5.56 Å². The highest BCUT2D eigenvalue weighted by Crippen LogP contribution is 1.97. The molecule has 0 saturated heterocycles. The van der Waals surface area contributed by atoms with Crippen molar-refractivity contribution < 1.29 is 19.4 Å². The number of benzene rings is 1. The molecule has 0 saturated carbocycles. The fourth-order valence-corrected chi connectivity index (χ4v) is 1.07. The minimum Gasteiger partial charge on any atom is -0.477 e. The molecule has 20 heavy (non-hydrogen) atoms. The first kappa shape index (κ1) is 17.6. The SMILES string of the molecule is C=C(C(=O)O)C(=O)OCCCC.C=Cc1ccccc1. The Morgan fingerprint density at radius 2 is 1.90 bits per heavy atom. The Labute approximate surface area is 119 Å². The third kappa shape index (κ3) is 7.87. The van der Waals surface area contributed by atoms with Crippen LogP contribution in [0.5, 0.6) is 0 Å². The third-order valence-electron chi connectivity index (χ3n) is 2.27. The second-order valence-electron chi connectivity index (χ2n) is 3.89. The molecule has 1 rings (SSSR count). The number of carboxylic acids is 1. The molecule has 4 nitrogen and oxygen atoms in total. The maximum Gasteiger partial charge on any atom is 0.344 e. The lowest BCUT2D eigenvalue weighted by Crippen LogP contribution is -2.14. The van der Waals surface area contributed by atoms with Gasteiger partial charge < -0.3 is 9.84 Å². The Morgan fingerprint density at radius 3 is 2.30 bits per heavy atom. The Hall–Kier alpha value is -2.36. The molecule has 0 amide bonds. The average molecular weight is 276 g/mol. The van der Waals surface area contributed by atoms with Gasteiger partial charge in [0.15, 0.2) is 0 Å². The first-order valence-electron chi connectivity index (χ1n) is 6.29. The molecule has 0 radical (unpaired) electrons. The van der Waals surface area contributed by atoms with Crippen LogP contribution in [0.15, 0.2) is 49.1 Å². The maximum absolute atomic E-state index is 10.8. The van der Waals surface area contributed by atoms with Gasteiger partial charge in [0.05, 0.1) is 6.61 Å². The number of hydrogen-bond acceptors (Lipinski definition) is 3. The average Bonchev–Trinajstić information content (AvgIpc) is 2.48. The second-order valence-corrected chi connectivity index (χ2v) is 3.89. The van der Waals surface area contributed by atoms with Crippen molar-refractivity contribution in [2.75, 3.05) is 6.61 Å². The minimum atomic E-state index is -1.34. The Kier molecular flexibility index (Phi) is 9.31. The van der Waals surface area contributed by atoms with Crippen molar-refractivity contribution in [2.24, 2.45) is 0 Å². The van der Waals surface area contributed by atoms with Crippen LogP contribution in [0, 0.1) is 0 Å². The summed E-state index contributed by atoms with van der Waals surface area (Å²) >= 11 is 0. The van der Waals surface area contributed by atoms with E-state index in [1.54, 1.807) is 0 Å². The summed E-state index contributed by atoms with van der Waals surface area (Å²) in [6.45, 7) is 8.89. The van der Waals surface area contributed by atoms with Crippen molar-refractivity contribution in [3.8, 4) is 0 Å². The van der Waals surface area contributed by atoms with E-state index >= 15 is 0 Å². The fraction of sp³-hybridized carbons (Fsp3) is 0.250. The van der Waals surface area contributed by atoms with Gasteiger partial charge >= 0.3 is 11.9 Å². The van der Waals surface area contributed by atoms with Crippen molar-refractivity contribution in [3.63, 3.8) is 0 Å². The van der Waals surface area contributed by atoms with Gasteiger partial charge in [-0.25, -0.2) is 9.59 Å². The number of carbonyl (C=O) groups is 2. The molecule has 0 heterocycles. The van der Waals surface area contributed by atoms with E-state index in [1.807, 2.05) is 43.3 Å². The van der Waals surface area contributed by atoms with Crippen LogP contribution in [0.1, 0.15) is 25.3 Å². The van der Waals surface area contributed by atoms with Crippen LogP contribution in [-0.4, -0.2) is 23.7 Å². The molecule has 1 N–H and O–H groups in total. The van der Waals surface area contributed by atoms with E-state index in [0.717, 1.165) is 12.8 Å². The second kappa shape index (κ2) is 10.6. The first-order chi connectivity index (χ1) is 9.52. The van der Waals surface area contributed by atoms with Crippen molar-refractivity contribution in [1.29, 1.82) is 0 Å². The quantitative estimate of drug-likeness (QED) is 0.285. The minimum absolute atomic E-state index is 0.252. The molecule has 0 aromatic heterocycles. The van der Waals surface area contributed by atoms with E-state index in [2.05, 4.69) is 17.9 Å². The molecular formula is C16H20O4. The molecule has 0 unspecified atom stereocenters. The zero-order chi connectivity index (χ0) is 15.4. The van der Waals surface area contributed by atoms with E-state index < -0.39 is 17.5 Å². The largest absolute Gasteiger partial charge is 0.477 e. The number of ether oxygens (including phenoxy) is 1. The molecule has 1 aromatic carbocycles. The molecule has 0 spiro atoms. The summed E-state index contributed by atoms with van der Waals surface area (Å²) in [5, 5.41) is 8.31. The summed E-state index contributed by atoms with van der Waals surface area (Å²) in [6, 6.07) is 10.0. The van der Waals surface area contributed by atoms with Crippen LogP contribution in [0.25, 0.3) is 6.08 Å². The predicted molar refractivity (Wildman–Crippen MR) is 79.2 cm³/mol. The van der Waals surface area contributed by atoms with Crippen molar-refractivity contribution >= 4 is 18.0 Å². The first-order valence-corrected chi connectivity index (χ1v) is 6.29. The van der Waals surface area contributed by atoms with Crippen LogP contribution >= 0.6 is 0 Å². The summed E-state index contributed by atoms with van der Waals surface area (Å²) in [6.07, 6.45) is 3.46. The lowest BCUT2D eigenvalue weighted by Gasteiger charge is -2.01. The molecule has 0 aliphatic rings. The molecule has 0 bridgehead atoms. The topological polar surface area (TPSA) is 63.6 Å². The molecular weight excluding hydrogens is 256 g/mol. The number of rotatable bonds is 6. The lowest BCUT2D eigenvalue weighted by atomic mass is 10.2. The van der Waals surface area contributed by atoms with Gasteiger partial charge in [0.1, 0.15) is 5.57 Å². The van der Waals surface area contributed by atoms with Gasteiger partial charge in [-0.05, 0) is 12.0 Å². The van der Waals surface area contributed by atoms with Crippen LogP contribution in [0.2, 0.25) is 0 Å². The number of carboxylic acid groups (broad SMARTS) is 1. The van der Waals surface area contributed by atoms with Gasteiger partial charge in [0.2, 0.25) is 0 Å². The Balaban J connectivity index is 0.000000388. The number of hydrogen-bond donors (Lipinski definition) is 1. The zero-order valence-corrected chi connectivity index (χ0v) is 11.7. The number of esters is 1. The van der Waals surface area contributed by atoms with Crippen molar-refractivity contribution in [3.05, 3.63) is 54.6 Å². The summed E-state index contributed by atoms with van der Waals surface area (Å²) in [5.41, 5.74) is 0.651. The fourth-order valence-electron chi connectivity index (χ4n) is 1.07. The number of unbranched alkanes of at least 4 members (excludes halogenated alkanes) is 1. The van der Waals surface area contributed by atoms with Gasteiger partial charge in [-0.1, -0.05) is 62.9 Å². The summed E-state index contributed by atoms with van der Waals surface area (Å²) in [5.74, 6) is -2.19. The highest BCUT2D eigenvalue weighted by Gasteiger charge is 2.14. The van der Waals surface area contributed by atoms with Crippen molar-refractivity contribution in [2.45, 2.75) is 19.8 Å². The Morgan fingerprint density at radius 1 is 1.30 bits per heavy atom. The van der Waals surface area contributed by atoms with Crippen LogP contribution < -0.4 is 0 Å². The molecule has 108 valence electrons.